The van der Waals surface area contributed by atoms with Crippen LogP contribution >= 0.6 is 15.9 Å². The van der Waals surface area contributed by atoms with Gasteiger partial charge in [-0.3, -0.25) is 5.41 Å². The second kappa shape index (κ2) is 4.23. The summed E-state index contributed by atoms with van der Waals surface area (Å²) >= 11 is 3.16. The summed E-state index contributed by atoms with van der Waals surface area (Å²) in [7, 11) is 0. The summed E-state index contributed by atoms with van der Waals surface area (Å²) in [5.41, 5.74) is 0.629. The largest absolute Gasteiger partial charge is 0.493 e. The molecule has 0 amide bonds. The first-order valence-corrected chi connectivity index (χ1v) is 4.61. The number of allylic oxidation sites excluding steroid dienone is 1. The van der Waals surface area contributed by atoms with Gasteiger partial charge in [-0.15, -0.1) is 0 Å². The van der Waals surface area contributed by atoms with Crippen molar-refractivity contribution in [1.29, 1.82) is 5.41 Å². The van der Waals surface area contributed by atoms with E-state index in [2.05, 4.69) is 26.2 Å². The predicted molar refractivity (Wildman–Crippen MR) is 56.6 cm³/mol. The van der Waals surface area contributed by atoms with E-state index in [0.29, 0.717) is 10.1 Å². The summed E-state index contributed by atoms with van der Waals surface area (Å²) < 4.78 is 0.564. The molecule has 3 N–H and O–H groups in total. The van der Waals surface area contributed by atoms with Crippen LogP contribution in [0.1, 0.15) is 6.92 Å². The predicted octanol–water partition coefficient (Wildman–Crippen LogP) is 1.71. The number of aliphatic hydroxyl groups is 1. The average molecular weight is 244 g/mol. The van der Waals surface area contributed by atoms with Gasteiger partial charge in [-0.05, 0) is 22.9 Å². The fourth-order valence-electron chi connectivity index (χ4n) is 0.833. The normalized spacial score (nSPS) is 19.8. The summed E-state index contributed by atoms with van der Waals surface area (Å²) in [6.45, 7) is 2.67. The van der Waals surface area contributed by atoms with Crippen LogP contribution < -0.4 is 5.32 Å². The molecular formula is C8H10BrN3O. The second-order valence-corrected chi connectivity index (χ2v) is 3.27. The molecule has 0 aromatic rings. The molecule has 1 heterocycles. The Morgan fingerprint density at radius 3 is 3.08 bits per heavy atom. The zero-order valence-electron chi connectivity index (χ0n) is 7.13. The average Bonchev–Trinajstić information content (AvgIpc) is 2.12. The number of rotatable bonds is 2. The molecule has 1 aliphatic heterocycles. The summed E-state index contributed by atoms with van der Waals surface area (Å²) in [5, 5.41) is 19.8. The van der Waals surface area contributed by atoms with Gasteiger partial charge >= 0.3 is 0 Å². The number of hydrogen-bond acceptors (Lipinski definition) is 3. The maximum atomic E-state index is 9.32. The molecular weight excluding hydrogens is 234 g/mol. The van der Waals surface area contributed by atoms with Gasteiger partial charge in [0.1, 0.15) is 0 Å². The van der Waals surface area contributed by atoms with Crippen molar-refractivity contribution in [1.82, 2.24) is 5.32 Å². The molecule has 0 aliphatic carbocycles. The van der Waals surface area contributed by atoms with Gasteiger partial charge in [-0.1, -0.05) is 0 Å². The van der Waals surface area contributed by atoms with E-state index >= 15 is 0 Å². The van der Waals surface area contributed by atoms with Crippen LogP contribution in [-0.4, -0.2) is 23.3 Å². The maximum absolute atomic E-state index is 9.32. The van der Waals surface area contributed by atoms with Crippen LogP contribution in [0.2, 0.25) is 0 Å². The van der Waals surface area contributed by atoms with Crippen LogP contribution in [0.25, 0.3) is 0 Å². The molecule has 0 unspecified atom stereocenters. The highest BCUT2D eigenvalue weighted by Gasteiger charge is 2.17. The molecule has 1 rings (SSSR count). The van der Waals surface area contributed by atoms with E-state index in [-0.39, 0.29) is 11.6 Å². The lowest BCUT2D eigenvalue weighted by Gasteiger charge is -2.10. The van der Waals surface area contributed by atoms with E-state index < -0.39 is 0 Å². The number of nitrogens with zero attached hydrogens (tertiary/aromatic N) is 1. The number of hydrogen-bond donors (Lipinski definition) is 3. The zero-order valence-corrected chi connectivity index (χ0v) is 8.72. The molecule has 13 heavy (non-hydrogen) atoms. The lowest BCUT2D eigenvalue weighted by Crippen LogP contribution is -2.18. The van der Waals surface area contributed by atoms with Gasteiger partial charge in [0.25, 0.3) is 0 Å². The van der Waals surface area contributed by atoms with E-state index in [9.17, 15) is 5.11 Å². The highest BCUT2D eigenvalue weighted by Crippen LogP contribution is 2.18. The number of aliphatic imine (C=N–C) groups is 1. The minimum Gasteiger partial charge on any atom is -0.493 e. The maximum Gasteiger partial charge on any atom is 0.221 e. The summed E-state index contributed by atoms with van der Waals surface area (Å²) in [5.74, 6) is -0.130. The van der Waals surface area contributed by atoms with Crippen molar-refractivity contribution in [2.75, 3.05) is 6.54 Å². The Kier molecular flexibility index (Phi) is 3.25. The van der Waals surface area contributed by atoms with Crippen molar-refractivity contribution in [3.8, 4) is 0 Å². The van der Waals surface area contributed by atoms with E-state index in [1.165, 1.54) is 6.20 Å². The van der Waals surface area contributed by atoms with E-state index in [4.69, 9.17) is 5.41 Å². The van der Waals surface area contributed by atoms with Crippen LogP contribution in [0.3, 0.4) is 0 Å². The Bertz CT molecular complexity index is 313. The van der Waals surface area contributed by atoms with Gasteiger partial charge in [-0.2, -0.15) is 0 Å². The standard InChI is InChI=1S/C8H10BrN3O/c1-2-11-3-5-7(10)6(9)4-12-8(5)13/h3-4,10-11H,2H2,1H3,(H,12,13)/b5-3+,10-7?. The Balaban J connectivity index is 2.93. The molecule has 0 bridgehead atoms. The fraction of sp³-hybridized carbons (Fsp3) is 0.250. The van der Waals surface area contributed by atoms with Crippen molar-refractivity contribution in [3.63, 3.8) is 0 Å². The minimum atomic E-state index is -0.130. The van der Waals surface area contributed by atoms with Crippen LogP contribution in [0.15, 0.2) is 27.4 Å². The summed E-state index contributed by atoms with van der Waals surface area (Å²) in [4.78, 5) is 3.71. The molecule has 0 saturated carbocycles. The van der Waals surface area contributed by atoms with Gasteiger partial charge in [0.2, 0.25) is 5.90 Å². The minimum absolute atomic E-state index is 0.130. The van der Waals surface area contributed by atoms with Gasteiger partial charge < -0.3 is 10.4 Å². The molecule has 0 spiro atoms. The smallest absolute Gasteiger partial charge is 0.221 e. The molecule has 0 radical (unpaired) electrons. The molecule has 70 valence electrons. The van der Waals surface area contributed by atoms with Gasteiger partial charge in [0.15, 0.2) is 0 Å². The van der Waals surface area contributed by atoms with Crippen LogP contribution in [0, 0.1) is 5.41 Å². The van der Waals surface area contributed by atoms with Gasteiger partial charge in [0, 0.05) is 18.9 Å². The Morgan fingerprint density at radius 2 is 2.46 bits per heavy atom. The molecule has 0 aromatic heterocycles. The molecule has 0 saturated heterocycles. The van der Waals surface area contributed by atoms with E-state index in [1.54, 1.807) is 6.20 Å². The summed E-state index contributed by atoms with van der Waals surface area (Å²) in [6, 6.07) is 0. The SMILES string of the molecule is CCN/C=C1\C(=N)C(Br)=CN=C1O. The first kappa shape index (κ1) is 9.98. The number of nitrogens with one attached hydrogen (secondary N) is 2. The van der Waals surface area contributed by atoms with Crippen molar-refractivity contribution in [2.24, 2.45) is 4.99 Å². The summed E-state index contributed by atoms with van der Waals surface area (Å²) in [6.07, 6.45) is 2.98. The molecule has 4 nitrogen and oxygen atoms in total. The Hall–Kier alpha value is -1.10. The van der Waals surface area contributed by atoms with Crippen molar-refractivity contribution in [3.05, 3.63) is 22.5 Å². The second-order valence-electron chi connectivity index (χ2n) is 2.42. The molecule has 0 atom stereocenters. The van der Waals surface area contributed by atoms with E-state index in [1.807, 2.05) is 6.92 Å². The van der Waals surface area contributed by atoms with Crippen molar-refractivity contribution < 1.29 is 5.11 Å². The number of halogens is 1. The molecule has 1 aliphatic rings. The third kappa shape index (κ3) is 2.18. The molecule has 5 heteroatoms. The van der Waals surface area contributed by atoms with Gasteiger partial charge in [0.05, 0.1) is 15.8 Å². The van der Waals surface area contributed by atoms with Crippen LogP contribution in [0.5, 0.6) is 0 Å². The number of aliphatic hydroxyl groups excluding tert-OH is 1. The van der Waals surface area contributed by atoms with E-state index in [0.717, 1.165) is 6.54 Å². The molecule has 0 fully saturated rings. The Morgan fingerprint density at radius 1 is 1.77 bits per heavy atom. The van der Waals surface area contributed by atoms with Crippen LogP contribution in [-0.2, 0) is 0 Å². The highest BCUT2D eigenvalue weighted by atomic mass is 79.9. The lowest BCUT2D eigenvalue weighted by atomic mass is 10.1. The lowest BCUT2D eigenvalue weighted by molar-refractivity contribution is 0.554. The third-order valence-electron chi connectivity index (χ3n) is 1.50. The quantitative estimate of drug-likeness (QED) is 0.692. The van der Waals surface area contributed by atoms with Crippen molar-refractivity contribution >= 4 is 27.5 Å². The highest BCUT2D eigenvalue weighted by molar-refractivity contribution is 9.12. The first-order valence-electron chi connectivity index (χ1n) is 3.82. The van der Waals surface area contributed by atoms with Gasteiger partial charge in [-0.25, -0.2) is 4.99 Å². The fourth-order valence-corrected chi connectivity index (χ4v) is 1.15. The Labute approximate surface area is 84.7 Å². The van der Waals surface area contributed by atoms with Crippen molar-refractivity contribution in [2.45, 2.75) is 6.92 Å². The zero-order chi connectivity index (χ0) is 9.84. The van der Waals surface area contributed by atoms with Crippen LogP contribution in [0.4, 0.5) is 0 Å². The third-order valence-corrected chi connectivity index (χ3v) is 2.10. The first-order chi connectivity index (χ1) is 6.16. The molecule has 0 aromatic carbocycles. The topological polar surface area (TPSA) is 68.5 Å². The monoisotopic (exact) mass is 243 g/mol.